The predicted molar refractivity (Wildman–Crippen MR) is 148 cm³/mol. The molecule has 1 atom stereocenters. The summed E-state index contributed by atoms with van der Waals surface area (Å²) in [7, 11) is 1.61. The molecule has 0 radical (unpaired) electrons. The Labute approximate surface area is 230 Å². The molecule has 0 saturated heterocycles. The average molecular weight is 555 g/mol. The highest BCUT2D eigenvalue weighted by atomic mass is 32.2. The van der Waals surface area contributed by atoms with E-state index in [-0.39, 0.29) is 17.9 Å². The van der Waals surface area contributed by atoms with Crippen LogP contribution < -0.4 is 15.0 Å². The number of carbonyl (C=O) groups excluding carboxylic acids is 2. The first-order valence-electron chi connectivity index (χ1n) is 12.6. The van der Waals surface area contributed by atoms with Gasteiger partial charge in [-0.05, 0) is 73.0 Å². The Hall–Kier alpha value is -3.72. The van der Waals surface area contributed by atoms with Crippen molar-refractivity contribution in [1.82, 2.24) is 5.32 Å². The van der Waals surface area contributed by atoms with Gasteiger partial charge in [-0.25, -0.2) is 0 Å². The van der Waals surface area contributed by atoms with Gasteiger partial charge in [0.15, 0.2) is 0 Å². The lowest BCUT2D eigenvalue weighted by Gasteiger charge is -2.27. The van der Waals surface area contributed by atoms with E-state index in [0.717, 1.165) is 41.2 Å². The van der Waals surface area contributed by atoms with Crippen LogP contribution in [0.4, 0.5) is 18.9 Å². The number of thioether (sulfide) groups is 1. The van der Waals surface area contributed by atoms with Gasteiger partial charge in [-0.1, -0.05) is 49.4 Å². The van der Waals surface area contributed by atoms with Gasteiger partial charge in [-0.15, -0.1) is 0 Å². The summed E-state index contributed by atoms with van der Waals surface area (Å²) in [5.41, 5.74) is 1.67. The smallest absolute Gasteiger partial charge is 0.416 e. The third kappa shape index (κ3) is 6.84. The Morgan fingerprint density at radius 1 is 1.08 bits per heavy atom. The summed E-state index contributed by atoms with van der Waals surface area (Å²) in [6.45, 7) is 4.67. The zero-order valence-electron chi connectivity index (χ0n) is 21.8. The Morgan fingerprint density at radius 2 is 1.77 bits per heavy atom. The SMILES string of the molecule is CCCCOc1ccc(C(C)NC(=O)c2ccc3c(c2)N(C)C(=O)C(=Cc2ccc(C(F)(F)F)cc2)S3)cc1. The number of anilines is 1. The molecule has 0 bridgehead atoms. The lowest BCUT2D eigenvalue weighted by Crippen LogP contribution is -2.31. The number of hydrogen-bond donors (Lipinski definition) is 1. The van der Waals surface area contributed by atoms with E-state index in [1.807, 2.05) is 31.2 Å². The molecule has 39 heavy (non-hydrogen) atoms. The van der Waals surface area contributed by atoms with Gasteiger partial charge in [0.25, 0.3) is 11.8 Å². The Balaban J connectivity index is 1.45. The minimum absolute atomic E-state index is 0.245. The van der Waals surface area contributed by atoms with Crippen LogP contribution in [0.15, 0.2) is 76.5 Å². The highest BCUT2D eigenvalue weighted by molar-refractivity contribution is 8.04. The minimum atomic E-state index is -4.42. The Kier molecular flexibility index (Phi) is 8.70. The summed E-state index contributed by atoms with van der Waals surface area (Å²) in [4.78, 5) is 28.6. The molecule has 0 fully saturated rings. The topological polar surface area (TPSA) is 58.6 Å². The van der Waals surface area contributed by atoms with E-state index in [9.17, 15) is 22.8 Å². The standard InChI is InChI=1S/C30H29F3N2O3S/c1-4-5-16-38-24-13-8-21(9-14-24)19(2)34-28(36)22-10-15-26-25(18-22)35(3)29(37)27(39-26)17-20-6-11-23(12-7-20)30(31,32)33/h6-15,17-19H,4-5,16H2,1-3H3,(H,34,36). The number of hydrogen-bond acceptors (Lipinski definition) is 4. The Bertz CT molecular complexity index is 1370. The normalized spacial score (nSPS) is 15.2. The number of alkyl halides is 3. The fourth-order valence-corrected chi connectivity index (χ4v) is 5.10. The quantitative estimate of drug-likeness (QED) is 0.232. The van der Waals surface area contributed by atoms with Crippen molar-refractivity contribution in [2.45, 2.75) is 43.8 Å². The molecular formula is C30H29F3N2O3S. The van der Waals surface area contributed by atoms with Crippen LogP contribution >= 0.6 is 11.8 Å². The second-order valence-corrected chi connectivity index (χ2v) is 10.3. The Morgan fingerprint density at radius 3 is 2.41 bits per heavy atom. The van der Waals surface area contributed by atoms with Crippen molar-refractivity contribution in [3.63, 3.8) is 0 Å². The van der Waals surface area contributed by atoms with Crippen molar-refractivity contribution in [2.24, 2.45) is 0 Å². The van der Waals surface area contributed by atoms with Crippen molar-refractivity contribution in [3.05, 3.63) is 93.9 Å². The maximum Gasteiger partial charge on any atom is 0.416 e. The van der Waals surface area contributed by atoms with Crippen LogP contribution in [-0.2, 0) is 11.0 Å². The van der Waals surface area contributed by atoms with Gasteiger partial charge in [-0.3, -0.25) is 9.59 Å². The number of ether oxygens (including phenoxy) is 1. The molecule has 5 nitrogen and oxygen atoms in total. The molecule has 1 aliphatic heterocycles. The van der Waals surface area contributed by atoms with E-state index >= 15 is 0 Å². The lowest BCUT2D eigenvalue weighted by molar-refractivity contribution is -0.137. The summed E-state index contributed by atoms with van der Waals surface area (Å²) in [6, 6.07) is 17.2. The number of unbranched alkanes of at least 4 members (excludes halogenated alkanes) is 1. The number of likely N-dealkylation sites (N-methyl/N-ethyl adjacent to an activating group) is 1. The highest BCUT2D eigenvalue weighted by Gasteiger charge is 2.30. The summed E-state index contributed by atoms with van der Waals surface area (Å²) in [6.07, 6.45) is -0.803. The van der Waals surface area contributed by atoms with E-state index in [1.54, 1.807) is 31.3 Å². The average Bonchev–Trinajstić information content (AvgIpc) is 2.91. The van der Waals surface area contributed by atoms with Gasteiger partial charge in [0.05, 0.1) is 28.8 Å². The zero-order chi connectivity index (χ0) is 28.2. The number of halogens is 3. The second-order valence-electron chi connectivity index (χ2n) is 9.24. The molecule has 2 amide bonds. The van der Waals surface area contributed by atoms with Gasteiger partial charge in [-0.2, -0.15) is 13.2 Å². The first-order chi connectivity index (χ1) is 18.6. The summed E-state index contributed by atoms with van der Waals surface area (Å²) >= 11 is 1.22. The molecule has 0 aliphatic carbocycles. The monoisotopic (exact) mass is 554 g/mol. The summed E-state index contributed by atoms with van der Waals surface area (Å²) < 4.78 is 44.2. The first-order valence-corrected chi connectivity index (χ1v) is 13.4. The van der Waals surface area contributed by atoms with Crippen molar-refractivity contribution in [3.8, 4) is 5.75 Å². The highest BCUT2D eigenvalue weighted by Crippen LogP contribution is 2.42. The number of rotatable bonds is 8. The van der Waals surface area contributed by atoms with E-state index in [0.29, 0.717) is 28.3 Å². The molecule has 1 N–H and O–H groups in total. The van der Waals surface area contributed by atoms with E-state index < -0.39 is 11.7 Å². The van der Waals surface area contributed by atoms with Crippen molar-refractivity contribution < 1.29 is 27.5 Å². The second kappa shape index (κ2) is 12.0. The molecule has 1 heterocycles. The zero-order valence-corrected chi connectivity index (χ0v) is 22.7. The first kappa shape index (κ1) is 28.3. The van der Waals surface area contributed by atoms with Crippen molar-refractivity contribution >= 4 is 35.3 Å². The van der Waals surface area contributed by atoms with Crippen LogP contribution in [-0.4, -0.2) is 25.5 Å². The molecule has 204 valence electrons. The lowest BCUT2D eigenvalue weighted by atomic mass is 10.1. The molecule has 3 aromatic carbocycles. The molecule has 0 spiro atoms. The van der Waals surface area contributed by atoms with Crippen LogP contribution in [0.25, 0.3) is 6.08 Å². The maximum atomic E-state index is 13.0. The van der Waals surface area contributed by atoms with Crippen LogP contribution in [0.1, 0.15) is 59.8 Å². The molecule has 1 unspecified atom stereocenters. The van der Waals surface area contributed by atoms with Crippen LogP contribution in [0, 0.1) is 0 Å². The predicted octanol–water partition coefficient (Wildman–Crippen LogP) is 7.48. The largest absolute Gasteiger partial charge is 0.494 e. The van der Waals surface area contributed by atoms with Crippen molar-refractivity contribution in [1.29, 1.82) is 0 Å². The van der Waals surface area contributed by atoms with Gasteiger partial charge in [0, 0.05) is 17.5 Å². The van der Waals surface area contributed by atoms with E-state index in [1.165, 1.54) is 28.8 Å². The maximum absolute atomic E-state index is 13.0. The molecule has 1 aliphatic rings. The number of benzene rings is 3. The van der Waals surface area contributed by atoms with Gasteiger partial charge < -0.3 is 15.0 Å². The fraction of sp³-hybridized carbons (Fsp3) is 0.267. The molecular weight excluding hydrogens is 525 g/mol. The molecule has 0 aromatic heterocycles. The summed E-state index contributed by atoms with van der Waals surface area (Å²) in [5, 5.41) is 2.99. The van der Waals surface area contributed by atoms with Gasteiger partial charge in [0.2, 0.25) is 0 Å². The number of amides is 2. The van der Waals surface area contributed by atoms with E-state index in [4.69, 9.17) is 4.74 Å². The number of nitrogens with zero attached hydrogens (tertiary/aromatic N) is 1. The number of nitrogens with one attached hydrogen (secondary N) is 1. The number of fused-ring (bicyclic) bond motifs is 1. The van der Waals surface area contributed by atoms with Crippen LogP contribution in [0.2, 0.25) is 0 Å². The van der Waals surface area contributed by atoms with Crippen LogP contribution in [0.5, 0.6) is 5.75 Å². The molecule has 0 saturated carbocycles. The van der Waals surface area contributed by atoms with Crippen LogP contribution in [0.3, 0.4) is 0 Å². The minimum Gasteiger partial charge on any atom is -0.494 e. The number of carbonyl (C=O) groups is 2. The van der Waals surface area contributed by atoms with Crippen molar-refractivity contribution in [2.75, 3.05) is 18.6 Å². The molecule has 4 rings (SSSR count). The van der Waals surface area contributed by atoms with E-state index in [2.05, 4.69) is 12.2 Å². The van der Waals surface area contributed by atoms with Gasteiger partial charge in [0.1, 0.15) is 5.75 Å². The molecule has 3 aromatic rings. The third-order valence-electron chi connectivity index (χ3n) is 6.35. The molecule has 9 heteroatoms. The fourth-order valence-electron chi connectivity index (χ4n) is 4.01. The third-order valence-corrected chi connectivity index (χ3v) is 7.43. The summed E-state index contributed by atoms with van der Waals surface area (Å²) in [5.74, 6) is 0.211. The van der Waals surface area contributed by atoms with Gasteiger partial charge >= 0.3 is 6.18 Å².